The van der Waals surface area contributed by atoms with Gasteiger partial charge in [-0.3, -0.25) is 4.99 Å². The first-order chi connectivity index (χ1) is 15.2. The van der Waals surface area contributed by atoms with Gasteiger partial charge in [0.05, 0.1) is 6.04 Å². The molecule has 0 radical (unpaired) electrons. The van der Waals surface area contributed by atoms with Crippen LogP contribution in [0, 0.1) is 0 Å². The summed E-state index contributed by atoms with van der Waals surface area (Å²) < 4.78 is 8.25. The van der Waals surface area contributed by atoms with Crippen LogP contribution in [0.1, 0.15) is 49.3 Å². The van der Waals surface area contributed by atoms with E-state index in [0.717, 1.165) is 42.4 Å². The molecule has 0 saturated heterocycles. The fourth-order valence-electron chi connectivity index (χ4n) is 4.72. The third-order valence-electron chi connectivity index (χ3n) is 6.26. The minimum absolute atomic E-state index is 0.0470. The van der Waals surface area contributed by atoms with Crippen molar-refractivity contribution in [1.29, 1.82) is 0 Å². The average molecular weight is 417 g/mol. The smallest absolute Gasteiger partial charge is 0.191 e. The number of hydrogen-bond acceptors (Lipinski definition) is 4. The van der Waals surface area contributed by atoms with Gasteiger partial charge in [-0.25, -0.2) is 9.67 Å². The van der Waals surface area contributed by atoms with Gasteiger partial charge in [-0.1, -0.05) is 18.2 Å². The van der Waals surface area contributed by atoms with Crippen LogP contribution in [0.25, 0.3) is 5.82 Å². The van der Waals surface area contributed by atoms with Crippen molar-refractivity contribution in [2.24, 2.45) is 4.99 Å². The maximum Gasteiger partial charge on any atom is 0.191 e. The summed E-state index contributed by atoms with van der Waals surface area (Å²) in [7, 11) is 1.81. The molecule has 2 aromatic heterocycles. The predicted molar refractivity (Wildman–Crippen MR) is 120 cm³/mol. The zero-order chi connectivity index (χ0) is 21.1. The number of aliphatic imine (C=N–C) groups is 1. The summed E-state index contributed by atoms with van der Waals surface area (Å²) in [6, 6.07) is 14.5. The molecule has 3 aromatic rings. The molecule has 1 atom stereocenters. The molecule has 31 heavy (non-hydrogen) atoms. The zero-order valence-corrected chi connectivity index (χ0v) is 17.8. The third kappa shape index (κ3) is 4.13. The molecule has 0 amide bonds. The van der Waals surface area contributed by atoms with E-state index in [1.807, 2.05) is 37.6 Å². The number of pyridine rings is 1. The molecule has 1 fully saturated rings. The van der Waals surface area contributed by atoms with E-state index in [-0.39, 0.29) is 11.6 Å². The Kier molecular flexibility index (Phi) is 5.32. The van der Waals surface area contributed by atoms with Crippen LogP contribution in [0.3, 0.4) is 0 Å². The standard InChI is InChI=1S/C24H28N6O/c1-25-23(27-17-18-9-13-26-22(15-18)30-14-6-12-28-30)29-20-16-24(10-4-5-11-24)31-21-8-3-2-7-19(20)21/h2-3,6-9,12-15,20H,4-5,10-11,16-17H2,1H3,(H2,25,27,29). The lowest BCUT2D eigenvalue weighted by Gasteiger charge is -2.40. The maximum atomic E-state index is 6.49. The number of aromatic nitrogens is 3. The van der Waals surface area contributed by atoms with E-state index in [2.05, 4.69) is 50.0 Å². The van der Waals surface area contributed by atoms with Crippen molar-refractivity contribution in [2.75, 3.05) is 7.05 Å². The Morgan fingerprint density at radius 2 is 2.06 bits per heavy atom. The number of rotatable bonds is 4. The number of guanidine groups is 1. The third-order valence-corrected chi connectivity index (χ3v) is 6.26. The Morgan fingerprint density at radius 3 is 2.87 bits per heavy atom. The molecular formula is C24H28N6O. The van der Waals surface area contributed by atoms with E-state index in [0.29, 0.717) is 6.54 Å². The van der Waals surface area contributed by atoms with Gasteiger partial charge in [0.25, 0.3) is 0 Å². The highest BCUT2D eigenvalue weighted by Crippen LogP contribution is 2.46. The lowest BCUT2D eigenvalue weighted by Crippen LogP contribution is -2.46. The summed E-state index contributed by atoms with van der Waals surface area (Å²) in [5.41, 5.74) is 2.27. The first kappa shape index (κ1) is 19.6. The van der Waals surface area contributed by atoms with Gasteiger partial charge in [0.15, 0.2) is 11.8 Å². The zero-order valence-electron chi connectivity index (χ0n) is 17.8. The van der Waals surface area contributed by atoms with Crippen molar-refractivity contribution in [3.05, 3.63) is 72.2 Å². The minimum atomic E-state index is -0.0470. The van der Waals surface area contributed by atoms with Crippen molar-refractivity contribution in [1.82, 2.24) is 25.4 Å². The van der Waals surface area contributed by atoms with Gasteiger partial charge in [0, 0.05) is 44.2 Å². The number of ether oxygens (including phenoxy) is 1. The lowest BCUT2D eigenvalue weighted by atomic mass is 9.86. The molecule has 7 heteroatoms. The first-order valence-electron chi connectivity index (χ1n) is 10.9. The van der Waals surface area contributed by atoms with Gasteiger partial charge in [0.2, 0.25) is 0 Å². The van der Waals surface area contributed by atoms with Crippen LogP contribution >= 0.6 is 0 Å². The second-order valence-electron chi connectivity index (χ2n) is 8.33. The van der Waals surface area contributed by atoms with Crippen molar-refractivity contribution >= 4 is 5.96 Å². The van der Waals surface area contributed by atoms with Crippen LogP contribution < -0.4 is 15.4 Å². The molecule has 1 aromatic carbocycles. The second kappa shape index (κ2) is 8.41. The molecule has 2 N–H and O–H groups in total. The molecule has 5 rings (SSSR count). The van der Waals surface area contributed by atoms with Crippen molar-refractivity contribution < 1.29 is 4.74 Å². The second-order valence-corrected chi connectivity index (χ2v) is 8.33. The van der Waals surface area contributed by atoms with E-state index in [4.69, 9.17) is 4.74 Å². The quantitative estimate of drug-likeness (QED) is 0.500. The van der Waals surface area contributed by atoms with E-state index >= 15 is 0 Å². The van der Waals surface area contributed by atoms with E-state index in [9.17, 15) is 0 Å². The van der Waals surface area contributed by atoms with Crippen LogP contribution in [-0.2, 0) is 6.54 Å². The minimum Gasteiger partial charge on any atom is -0.487 e. The number of fused-ring (bicyclic) bond motifs is 1. The van der Waals surface area contributed by atoms with Crippen LogP contribution in [-0.4, -0.2) is 33.4 Å². The van der Waals surface area contributed by atoms with E-state index in [1.165, 1.54) is 18.4 Å². The fourth-order valence-corrected chi connectivity index (χ4v) is 4.72. The van der Waals surface area contributed by atoms with Crippen molar-refractivity contribution in [2.45, 2.75) is 50.3 Å². The highest BCUT2D eigenvalue weighted by Gasteiger charge is 2.43. The Morgan fingerprint density at radius 1 is 1.19 bits per heavy atom. The van der Waals surface area contributed by atoms with Crippen LogP contribution in [0.4, 0.5) is 0 Å². The van der Waals surface area contributed by atoms with Crippen LogP contribution in [0.5, 0.6) is 5.75 Å². The van der Waals surface area contributed by atoms with Gasteiger partial charge in [-0.05, 0) is 55.5 Å². The molecule has 1 aliphatic heterocycles. The van der Waals surface area contributed by atoms with Gasteiger partial charge in [0.1, 0.15) is 11.4 Å². The number of hydrogen-bond donors (Lipinski definition) is 2. The Labute approximate surface area is 182 Å². The lowest BCUT2D eigenvalue weighted by molar-refractivity contribution is 0.0396. The largest absolute Gasteiger partial charge is 0.487 e. The first-order valence-corrected chi connectivity index (χ1v) is 10.9. The Balaban J connectivity index is 1.29. The van der Waals surface area contributed by atoms with Gasteiger partial charge < -0.3 is 15.4 Å². The molecule has 1 saturated carbocycles. The Bertz CT molecular complexity index is 1060. The molecule has 160 valence electrons. The molecule has 7 nitrogen and oxygen atoms in total. The number of para-hydroxylation sites is 1. The highest BCUT2D eigenvalue weighted by atomic mass is 16.5. The predicted octanol–water partition coefficient (Wildman–Crippen LogP) is 3.77. The molecule has 2 aliphatic rings. The summed E-state index contributed by atoms with van der Waals surface area (Å²) in [5.74, 6) is 2.59. The van der Waals surface area contributed by atoms with Crippen LogP contribution in [0.15, 0.2) is 66.0 Å². The highest BCUT2D eigenvalue weighted by molar-refractivity contribution is 5.80. The number of nitrogens with zero attached hydrogens (tertiary/aromatic N) is 4. The van der Waals surface area contributed by atoms with Crippen LogP contribution in [0.2, 0.25) is 0 Å². The number of nitrogens with one attached hydrogen (secondary N) is 2. The van der Waals surface area contributed by atoms with Gasteiger partial charge in [-0.15, -0.1) is 0 Å². The molecular weight excluding hydrogens is 388 g/mol. The summed E-state index contributed by atoms with van der Waals surface area (Å²) in [6.45, 7) is 0.645. The monoisotopic (exact) mass is 416 g/mol. The number of benzene rings is 1. The van der Waals surface area contributed by atoms with Crippen molar-refractivity contribution in [3.63, 3.8) is 0 Å². The van der Waals surface area contributed by atoms with Gasteiger partial charge >= 0.3 is 0 Å². The van der Waals surface area contributed by atoms with E-state index < -0.39 is 0 Å². The summed E-state index contributed by atoms with van der Waals surface area (Å²) in [6.07, 6.45) is 11.1. The molecule has 3 heterocycles. The molecule has 1 unspecified atom stereocenters. The SMILES string of the molecule is CN=C(NCc1ccnc(-n2cccn2)c1)NC1CC2(CCCC2)Oc2ccccc21. The molecule has 0 bridgehead atoms. The summed E-state index contributed by atoms with van der Waals surface area (Å²) in [5, 5.41) is 11.4. The topological polar surface area (TPSA) is 76.4 Å². The average Bonchev–Trinajstić information content (AvgIpc) is 3.49. The van der Waals surface area contributed by atoms with Gasteiger partial charge in [-0.2, -0.15) is 5.10 Å². The van der Waals surface area contributed by atoms with E-state index in [1.54, 1.807) is 10.9 Å². The maximum absolute atomic E-state index is 6.49. The summed E-state index contributed by atoms with van der Waals surface area (Å²) in [4.78, 5) is 8.88. The summed E-state index contributed by atoms with van der Waals surface area (Å²) >= 11 is 0. The van der Waals surface area contributed by atoms with Crippen molar-refractivity contribution in [3.8, 4) is 11.6 Å². The molecule has 1 aliphatic carbocycles. The molecule has 1 spiro atoms. The normalized spacial score (nSPS) is 19.6. The fraction of sp³-hybridized carbons (Fsp3) is 0.375. The Hall–Kier alpha value is -3.35.